The van der Waals surface area contributed by atoms with Gasteiger partial charge in [-0.25, -0.2) is 4.98 Å². The Hall–Kier alpha value is -1.82. The van der Waals surface area contributed by atoms with Crippen molar-refractivity contribution in [1.29, 1.82) is 0 Å². The first-order chi connectivity index (χ1) is 11.5. The Bertz CT molecular complexity index is 946. The number of fused-ring (bicyclic) bond motifs is 1. The zero-order chi connectivity index (χ0) is 17.3. The van der Waals surface area contributed by atoms with Crippen LogP contribution in [0.2, 0.25) is 10.0 Å². The minimum atomic E-state index is -0.295. The third-order valence-electron chi connectivity index (χ3n) is 3.41. The highest BCUT2D eigenvalue weighted by atomic mass is 79.9. The molecule has 0 atom stereocenters. The molecule has 0 aliphatic rings. The van der Waals surface area contributed by atoms with Crippen molar-refractivity contribution in [3.05, 3.63) is 68.5 Å². The van der Waals surface area contributed by atoms with Crippen molar-refractivity contribution < 1.29 is 4.79 Å². The number of halogens is 3. The Morgan fingerprint density at radius 3 is 2.67 bits per heavy atom. The van der Waals surface area contributed by atoms with Gasteiger partial charge in [0.2, 0.25) is 5.91 Å². The van der Waals surface area contributed by atoms with Crippen molar-refractivity contribution >= 4 is 62.4 Å². The standard InChI is InChI=1S/C17H12BrCl2N3O/c1-10-16(18)23-9-3-6-14(17(23)21-10)22-15(24)8-7-11-12(19)4-2-5-13(11)20/h2-9H,1H3,(H,22,24)/b8-7+. The van der Waals surface area contributed by atoms with Gasteiger partial charge in [-0.1, -0.05) is 29.3 Å². The van der Waals surface area contributed by atoms with Gasteiger partial charge in [-0.15, -0.1) is 0 Å². The number of benzene rings is 1. The van der Waals surface area contributed by atoms with Crippen LogP contribution in [0.4, 0.5) is 5.69 Å². The molecule has 0 unspecified atom stereocenters. The van der Waals surface area contributed by atoms with Crippen molar-refractivity contribution in [3.63, 3.8) is 0 Å². The maximum absolute atomic E-state index is 12.2. The van der Waals surface area contributed by atoms with E-state index in [-0.39, 0.29) is 5.91 Å². The molecule has 3 aromatic rings. The number of aryl methyl sites for hydroxylation is 1. The first kappa shape index (κ1) is 17.0. The van der Waals surface area contributed by atoms with Crippen molar-refractivity contribution in [2.24, 2.45) is 0 Å². The number of amides is 1. The van der Waals surface area contributed by atoms with E-state index in [1.807, 2.05) is 23.6 Å². The topological polar surface area (TPSA) is 46.4 Å². The summed E-state index contributed by atoms with van der Waals surface area (Å²) in [6.07, 6.45) is 4.85. The van der Waals surface area contributed by atoms with E-state index in [9.17, 15) is 4.79 Å². The summed E-state index contributed by atoms with van der Waals surface area (Å²) in [5.74, 6) is -0.295. The molecule has 2 aromatic heterocycles. The van der Waals surface area contributed by atoms with Crippen LogP contribution in [0.3, 0.4) is 0 Å². The lowest BCUT2D eigenvalue weighted by Gasteiger charge is -2.05. The summed E-state index contributed by atoms with van der Waals surface area (Å²) in [6.45, 7) is 1.89. The second-order valence-corrected chi connectivity index (χ2v) is 6.63. The minimum Gasteiger partial charge on any atom is -0.319 e. The summed E-state index contributed by atoms with van der Waals surface area (Å²) in [4.78, 5) is 16.7. The van der Waals surface area contributed by atoms with Gasteiger partial charge in [-0.05, 0) is 53.2 Å². The van der Waals surface area contributed by atoms with Crippen LogP contribution in [0.1, 0.15) is 11.3 Å². The van der Waals surface area contributed by atoms with E-state index >= 15 is 0 Å². The summed E-state index contributed by atoms with van der Waals surface area (Å²) < 4.78 is 2.71. The Balaban J connectivity index is 1.86. The molecule has 0 aliphatic heterocycles. The number of hydrogen-bond acceptors (Lipinski definition) is 2. The fourth-order valence-corrected chi connectivity index (χ4v) is 3.15. The third kappa shape index (κ3) is 3.34. The molecular weight excluding hydrogens is 413 g/mol. The Kier molecular flexibility index (Phi) is 4.94. The van der Waals surface area contributed by atoms with Gasteiger partial charge in [0.05, 0.1) is 11.4 Å². The number of aromatic nitrogens is 2. The number of imidazole rings is 1. The van der Waals surface area contributed by atoms with Gasteiger partial charge in [0.1, 0.15) is 4.60 Å². The molecule has 7 heteroatoms. The second-order valence-electron chi connectivity index (χ2n) is 5.06. The van der Waals surface area contributed by atoms with Crippen molar-refractivity contribution in [1.82, 2.24) is 9.38 Å². The number of carbonyl (C=O) groups excluding carboxylic acids is 1. The summed E-state index contributed by atoms with van der Waals surface area (Å²) in [5, 5.41) is 3.79. The first-order valence-electron chi connectivity index (χ1n) is 7.03. The Labute approximate surface area is 157 Å². The van der Waals surface area contributed by atoms with Crippen molar-refractivity contribution in [2.45, 2.75) is 6.92 Å². The van der Waals surface area contributed by atoms with Crippen LogP contribution in [-0.4, -0.2) is 15.3 Å². The molecule has 0 radical (unpaired) electrons. The van der Waals surface area contributed by atoms with Crippen LogP contribution in [0, 0.1) is 6.92 Å². The number of nitrogens with one attached hydrogen (secondary N) is 1. The maximum Gasteiger partial charge on any atom is 0.248 e. The highest BCUT2D eigenvalue weighted by Crippen LogP contribution is 2.26. The Morgan fingerprint density at radius 1 is 1.25 bits per heavy atom. The zero-order valence-corrected chi connectivity index (χ0v) is 15.7. The van der Waals surface area contributed by atoms with Gasteiger partial charge >= 0.3 is 0 Å². The van der Waals surface area contributed by atoms with Crippen molar-refractivity contribution in [2.75, 3.05) is 5.32 Å². The molecule has 4 nitrogen and oxygen atoms in total. The smallest absolute Gasteiger partial charge is 0.248 e. The monoisotopic (exact) mass is 423 g/mol. The maximum atomic E-state index is 12.2. The minimum absolute atomic E-state index is 0.295. The number of carbonyl (C=O) groups is 1. The van der Waals surface area contributed by atoms with Gasteiger partial charge in [0.15, 0.2) is 5.65 Å². The molecule has 0 aliphatic carbocycles. The van der Waals surface area contributed by atoms with Gasteiger partial charge in [-0.2, -0.15) is 0 Å². The van der Waals surface area contributed by atoms with Gasteiger partial charge < -0.3 is 5.32 Å². The number of hydrogen-bond donors (Lipinski definition) is 1. The van der Waals surface area contributed by atoms with Crippen LogP contribution in [0.25, 0.3) is 11.7 Å². The van der Waals surface area contributed by atoms with E-state index in [1.165, 1.54) is 6.08 Å². The molecule has 1 aromatic carbocycles. The lowest BCUT2D eigenvalue weighted by Crippen LogP contribution is -2.09. The number of pyridine rings is 1. The summed E-state index contributed by atoms with van der Waals surface area (Å²) in [6, 6.07) is 8.82. The van der Waals surface area contributed by atoms with Gasteiger partial charge in [0, 0.05) is 27.9 Å². The molecule has 2 heterocycles. The summed E-state index contributed by atoms with van der Waals surface area (Å²) in [7, 11) is 0. The molecule has 3 rings (SSSR count). The molecular formula is C17H12BrCl2N3O. The lowest BCUT2D eigenvalue weighted by atomic mass is 10.2. The largest absolute Gasteiger partial charge is 0.319 e. The number of rotatable bonds is 3. The quantitative estimate of drug-likeness (QED) is 0.575. The molecule has 24 heavy (non-hydrogen) atoms. The lowest BCUT2D eigenvalue weighted by molar-refractivity contribution is -0.111. The molecule has 0 saturated heterocycles. The van der Waals surface area contributed by atoms with E-state index in [0.717, 1.165) is 10.3 Å². The van der Waals surface area contributed by atoms with E-state index in [0.29, 0.717) is 26.9 Å². The van der Waals surface area contributed by atoms with Crippen LogP contribution in [0.15, 0.2) is 47.2 Å². The molecule has 1 amide bonds. The SMILES string of the molecule is Cc1nc2c(NC(=O)/C=C/c3c(Cl)cccc3Cl)cccn2c1Br. The van der Waals surface area contributed by atoms with E-state index in [1.54, 1.807) is 30.3 Å². The predicted molar refractivity (Wildman–Crippen MR) is 102 cm³/mol. The summed E-state index contributed by atoms with van der Waals surface area (Å²) in [5.41, 5.74) is 2.73. The number of nitrogens with zero attached hydrogens (tertiary/aromatic N) is 2. The van der Waals surface area contributed by atoms with Crippen molar-refractivity contribution in [3.8, 4) is 0 Å². The zero-order valence-electron chi connectivity index (χ0n) is 12.6. The number of anilines is 1. The predicted octanol–water partition coefficient (Wildman–Crippen LogP) is 5.36. The van der Waals surface area contributed by atoms with Crippen LogP contribution in [0.5, 0.6) is 0 Å². The Morgan fingerprint density at radius 2 is 1.96 bits per heavy atom. The second kappa shape index (κ2) is 6.97. The average Bonchev–Trinajstić information content (AvgIpc) is 2.83. The molecule has 1 N–H and O–H groups in total. The highest BCUT2D eigenvalue weighted by Gasteiger charge is 2.10. The fourth-order valence-electron chi connectivity index (χ4n) is 2.25. The van der Waals surface area contributed by atoms with Crippen LogP contribution >= 0.6 is 39.1 Å². The molecule has 0 saturated carbocycles. The van der Waals surface area contributed by atoms with Crippen LogP contribution in [-0.2, 0) is 4.79 Å². The average molecular weight is 425 g/mol. The highest BCUT2D eigenvalue weighted by molar-refractivity contribution is 9.10. The molecule has 0 fully saturated rings. The van der Waals surface area contributed by atoms with Gasteiger partial charge in [0.25, 0.3) is 0 Å². The molecule has 122 valence electrons. The third-order valence-corrected chi connectivity index (χ3v) is 5.02. The normalized spacial score (nSPS) is 11.3. The fraction of sp³-hybridized carbons (Fsp3) is 0.0588. The molecule has 0 spiro atoms. The van der Waals surface area contributed by atoms with E-state index < -0.39 is 0 Å². The van der Waals surface area contributed by atoms with E-state index in [4.69, 9.17) is 23.2 Å². The van der Waals surface area contributed by atoms with Crippen LogP contribution < -0.4 is 5.32 Å². The first-order valence-corrected chi connectivity index (χ1v) is 8.58. The van der Waals surface area contributed by atoms with Gasteiger partial charge in [-0.3, -0.25) is 9.20 Å². The van der Waals surface area contributed by atoms with E-state index in [2.05, 4.69) is 26.2 Å². The molecule has 0 bridgehead atoms. The summed E-state index contributed by atoms with van der Waals surface area (Å²) >= 11 is 15.6.